The number of aliphatic carboxylic acids is 1. The highest BCUT2D eigenvalue weighted by molar-refractivity contribution is 8.26. The van der Waals surface area contributed by atoms with Gasteiger partial charge < -0.3 is 10.0 Å². The minimum absolute atomic E-state index is 0.0106. The van der Waals surface area contributed by atoms with Gasteiger partial charge in [-0.05, 0) is 24.1 Å². The second kappa shape index (κ2) is 11.3. The Morgan fingerprint density at radius 1 is 1.19 bits per heavy atom. The van der Waals surface area contributed by atoms with Crippen LogP contribution in [-0.2, 0) is 23.2 Å². The van der Waals surface area contributed by atoms with Gasteiger partial charge in [-0.3, -0.25) is 28.8 Å². The molecule has 2 aliphatic rings. The molecule has 0 bridgehead atoms. The second-order valence-electron chi connectivity index (χ2n) is 8.94. The normalized spacial score (nSPS) is 17.5. The maximum atomic E-state index is 13.1. The highest BCUT2D eigenvalue weighted by Gasteiger charge is 2.33. The van der Waals surface area contributed by atoms with E-state index in [1.54, 1.807) is 20.0 Å². The second-order valence-corrected chi connectivity index (χ2v) is 10.6. The Morgan fingerprint density at radius 3 is 2.49 bits per heavy atom. The number of pyridine rings is 1. The van der Waals surface area contributed by atoms with Crippen molar-refractivity contribution in [2.45, 2.75) is 19.9 Å². The first-order valence-electron chi connectivity index (χ1n) is 11.8. The summed E-state index contributed by atoms with van der Waals surface area (Å²) in [5.74, 6) is -0.738. The molecule has 1 aromatic carbocycles. The number of thiocarbonyl (C=S) groups is 1. The van der Waals surface area contributed by atoms with Crippen molar-refractivity contribution < 1.29 is 14.7 Å². The Kier molecular flexibility index (Phi) is 8.12. The monoisotopic (exact) mass is 537 g/mol. The fourth-order valence-corrected chi connectivity index (χ4v) is 5.88. The van der Waals surface area contributed by atoms with Crippen LogP contribution < -0.4 is 10.5 Å². The Hall–Kier alpha value is -3.46. The molecule has 1 N–H and O–H groups in total. The van der Waals surface area contributed by atoms with Gasteiger partial charge in [-0.2, -0.15) is 5.26 Å². The van der Waals surface area contributed by atoms with Gasteiger partial charge in [-0.1, -0.05) is 54.3 Å². The number of thioether (sulfide) groups is 1. The van der Waals surface area contributed by atoms with Crippen molar-refractivity contribution in [2.24, 2.45) is 7.05 Å². The van der Waals surface area contributed by atoms with Crippen LogP contribution in [-0.4, -0.2) is 68.4 Å². The predicted molar refractivity (Wildman–Crippen MR) is 147 cm³/mol. The van der Waals surface area contributed by atoms with Gasteiger partial charge in [-0.15, -0.1) is 0 Å². The quantitative estimate of drug-likeness (QED) is 0.421. The van der Waals surface area contributed by atoms with Crippen molar-refractivity contribution in [1.29, 1.82) is 5.26 Å². The van der Waals surface area contributed by atoms with Crippen LogP contribution in [0.2, 0.25) is 0 Å². The van der Waals surface area contributed by atoms with Crippen LogP contribution in [0.4, 0.5) is 5.82 Å². The zero-order valence-corrected chi connectivity index (χ0v) is 22.3. The molecule has 4 rings (SSSR count). The molecule has 1 amide bonds. The summed E-state index contributed by atoms with van der Waals surface area (Å²) in [6, 6.07) is 12.3. The number of amides is 1. The van der Waals surface area contributed by atoms with Crippen LogP contribution in [0.1, 0.15) is 28.7 Å². The molecule has 0 spiro atoms. The third-order valence-electron chi connectivity index (χ3n) is 6.59. The number of rotatable bonds is 7. The summed E-state index contributed by atoms with van der Waals surface area (Å²) in [5.41, 5.74) is 2.01. The van der Waals surface area contributed by atoms with E-state index < -0.39 is 5.97 Å². The number of nitrogens with zero attached hydrogens (tertiary/aromatic N) is 5. The van der Waals surface area contributed by atoms with Crippen LogP contribution in [0.15, 0.2) is 40.0 Å². The Balaban J connectivity index is 1.66. The van der Waals surface area contributed by atoms with Gasteiger partial charge in [0.05, 0.1) is 11.3 Å². The van der Waals surface area contributed by atoms with Crippen molar-refractivity contribution >= 4 is 52.1 Å². The third-order valence-corrected chi connectivity index (χ3v) is 7.96. The number of nitriles is 1. The molecule has 0 atom stereocenters. The molecular formula is C26H27N5O4S2. The minimum atomic E-state index is -1.01. The number of hydrogen-bond acceptors (Lipinski definition) is 8. The largest absolute Gasteiger partial charge is 0.481 e. The molecule has 0 saturated carbocycles. The molecule has 3 heterocycles. The van der Waals surface area contributed by atoms with Crippen molar-refractivity contribution in [3.05, 3.63) is 67.8 Å². The maximum Gasteiger partial charge on any atom is 0.305 e. The Morgan fingerprint density at radius 2 is 1.86 bits per heavy atom. The number of carbonyl (C=O) groups is 2. The summed E-state index contributed by atoms with van der Waals surface area (Å²) in [5, 5.41) is 18.7. The molecule has 2 saturated heterocycles. The van der Waals surface area contributed by atoms with E-state index in [0.29, 0.717) is 34.9 Å². The molecule has 192 valence electrons. The van der Waals surface area contributed by atoms with E-state index in [4.69, 9.17) is 17.3 Å². The fraction of sp³-hybridized carbons (Fsp3) is 0.346. The average molecular weight is 538 g/mol. The molecule has 37 heavy (non-hydrogen) atoms. The van der Waals surface area contributed by atoms with Crippen LogP contribution in [0.5, 0.6) is 0 Å². The molecule has 1 aromatic heterocycles. The maximum absolute atomic E-state index is 13.1. The lowest BCUT2D eigenvalue weighted by atomic mass is 10.0. The molecule has 0 radical (unpaired) electrons. The summed E-state index contributed by atoms with van der Waals surface area (Å²) in [4.78, 5) is 43.2. The summed E-state index contributed by atoms with van der Waals surface area (Å²) < 4.78 is 1.77. The van der Waals surface area contributed by atoms with E-state index in [2.05, 4.69) is 21.9 Å². The first-order valence-corrected chi connectivity index (χ1v) is 13.1. The zero-order chi connectivity index (χ0) is 26.7. The van der Waals surface area contributed by atoms with Crippen molar-refractivity contribution in [3.8, 4) is 6.07 Å². The van der Waals surface area contributed by atoms with Gasteiger partial charge in [0.2, 0.25) is 0 Å². The van der Waals surface area contributed by atoms with Gasteiger partial charge in [0.25, 0.3) is 11.5 Å². The average Bonchev–Trinajstić information content (AvgIpc) is 3.15. The summed E-state index contributed by atoms with van der Waals surface area (Å²) in [6.45, 7) is 5.47. The molecule has 0 unspecified atom stereocenters. The van der Waals surface area contributed by atoms with E-state index in [-0.39, 0.29) is 34.3 Å². The molecule has 9 nitrogen and oxygen atoms in total. The molecule has 0 aliphatic carbocycles. The van der Waals surface area contributed by atoms with Gasteiger partial charge in [0, 0.05) is 51.9 Å². The summed E-state index contributed by atoms with van der Waals surface area (Å²) >= 11 is 6.42. The number of benzene rings is 1. The highest BCUT2D eigenvalue weighted by Crippen LogP contribution is 2.36. The summed E-state index contributed by atoms with van der Waals surface area (Å²) in [7, 11) is 1.64. The third kappa shape index (κ3) is 5.61. The standard InChI is InChI=1S/C26H27N5O4S2/c1-17-19(14-21-25(35)31(26(36)37-21)9-8-22(32)33)23(28(2)24(34)20(17)15-27)30-12-10-29(11-13-30)16-18-6-4-3-5-7-18/h3-7,14H,8-13,16H2,1-2H3,(H,32,33)/b21-14-. The van der Waals surface area contributed by atoms with Crippen LogP contribution in [0.25, 0.3) is 6.08 Å². The van der Waals surface area contributed by atoms with E-state index in [1.165, 1.54) is 15.0 Å². The number of hydrogen-bond donors (Lipinski definition) is 1. The molecule has 2 aromatic rings. The highest BCUT2D eigenvalue weighted by atomic mass is 32.2. The smallest absolute Gasteiger partial charge is 0.305 e. The van der Waals surface area contributed by atoms with Gasteiger partial charge in [0.1, 0.15) is 21.8 Å². The van der Waals surface area contributed by atoms with E-state index in [9.17, 15) is 19.6 Å². The van der Waals surface area contributed by atoms with Gasteiger partial charge in [0.15, 0.2) is 0 Å². The van der Waals surface area contributed by atoms with Gasteiger partial charge >= 0.3 is 5.97 Å². The zero-order valence-electron chi connectivity index (χ0n) is 20.6. The SMILES string of the molecule is Cc1c(/C=C2\SC(=S)N(CCC(=O)O)C2=O)c(N2CCN(Cc3ccccc3)CC2)n(C)c(=O)c1C#N. The fourth-order valence-electron chi connectivity index (χ4n) is 4.59. The van der Waals surface area contributed by atoms with E-state index in [0.717, 1.165) is 31.4 Å². The number of carbonyl (C=O) groups excluding carboxylic acids is 1. The molecule has 2 fully saturated rings. The van der Waals surface area contributed by atoms with Crippen LogP contribution >= 0.6 is 24.0 Å². The Bertz CT molecular complexity index is 1370. The lowest BCUT2D eigenvalue weighted by molar-refractivity contribution is -0.137. The van der Waals surface area contributed by atoms with Crippen molar-refractivity contribution in [2.75, 3.05) is 37.6 Å². The lowest BCUT2D eigenvalue weighted by Gasteiger charge is -2.37. The Labute approximate surface area is 224 Å². The first-order chi connectivity index (χ1) is 17.7. The number of aromatic nitrogens is 1. The lowest BCUT2D eigenvalue weighted by Crippen LogP contribution is -2.48. The van der Waals surface area contributed by atoms with Gasteiger partial charge in [-0.25, -0.2) is 0 Å². The minimum Gasteiger partial charge on any atom is -0.481 e. The topological polar surface area (TPSA) is 110 Å². The number of carboxylic acid groups (broad SMARTS) is 1. The van der Waals surface area contributed by atoms with Crippen molar-refractivity contribution in [1.82, 2.24) is 14.4 Å². The van der Waals surface area contributed by atoms with E-state index >= 15 is 0 Å². The van der Waals surface area contributed by atoms with Crippen LogP contribution in [0.3, 0.4) is 0 Å². The number of anilines is 1. The molecule has 11 heteroatoms. The molecule has 2 aliphatic heterocycles. The molecular weight excluding hydrogens is 510 g/mol. The summed E-state index contributed by atoms with van der Waals surface area (Å²) in [6.07, 6.45) is 1.47. The van der Waals surface area contributed by atoms with Crippen LogP contribution in [0, 0.1) is 18.3 Å². The predicted octanol–water partition coefficient (Wildman–Crippen LogP) is 2.56. The van der Waals surface area contributed by atoms with Crippen molar-refractivity contribution in [3.63, 3.8) is 0 Å². The first kappa shape index (κ1) is 26.6. The number of carboxylic acids is 1. The van der Waals surface area contributed by atoms with E-state index in [1.807, 2.05) is 24.3 Å². The number of piperazine rings is 1.